The lowest BCUT2D eigenvalue weighted by molar-refractivity contribution is -0.127. The third-order valence-corrected chi connectivity index (χ3v) is 3.82. The summed E-state index contributed by atoms with van der Waals surface area (Å²) >= 11 is 0. The SMILES string of the molecule is COC[C@H]1CCCN(C(=O)Nc2ccc(CC(F)(F)F)cc2)C1. The molecule has 1 saturated heterocycles. The van der Waals surface area contributed by atoms with Crippen LogP contribution in [0.3, 0.4) is 0 Å². The standard InChI is InChI=1S/C16H21F3N2O2/c1-23-11-13-3-2-8-21(10-13)15(22)20-14-6-4-12(5-7-14)9-16(17,18)19/h4-7,13H,2-3,8-11H2,1H3,(H,20,22)/t13-/m0/s1. The molecule has 1 N–H and O–H groups in total. The number of carbonyl (C=O) groups excluding carboxylic acids is 1. The van der Waals surface area contributed by atoms with Gasteiger partial charge in [0.1, 0.15) is 0 Å². The van der Waals surface area contributed by atoms with Gasteiger partial charge < -0.3 is 15.0 Å². The molecule has 0 aromatic heterocycles. The molecule has 0 unspecified atom stereocenters. The molecule has 1 aromatic rings. The predicted octanol–water partition coefficient (Wildman–Crippen LogP) is 3.68. The molecule has 2 amide bonds. The molecule has 23 heavy (non-hydrogen) atoms. The van der Waals surface area contributed by atoms with Crippen molar-refractivity contribution in [1.82, 2.24) is 4.90 Å². The molecule has 7 heteroatoms. The van der Waals surface area contributed by atoms with Crippen LogP contribution >= 0.6 is 0 Å². The van der Waals surface area contributed by atoms with Gasteiger partial charge in [0.2, 0.25) is 0 Å². The van der Waals surface area contributed by atoms with Crippen LogP contribution in [0.2, 0.25) is 0 Å². The fourth-order valence-electron chi connectivity index (χ4n) is 2.76. The zero-order valence-corrected chi connectivity index (χ0v) is 13.0. The minimum atomic E-state index is -4.23. The van der Waals surface area contributed by atoms with E-state index in [-0.39, 0.29) is 11.6 Å². The van der Waals surface area contributed by atoms with Crippen LogP contribution in [-0.4, -0.2) is 43.9 Å². The molecule has 0 saturated carbocycles. The van der Waals surface area contributed by atoms with Crippen molar-refractivity contribution in [1.29, 1.82) is 0 Å². The van der Waals surface area contributed by atoms with Gasteiger partial charge >= 0.3 is 12.2 Å². The first-order valence-electron chi connectivity index (χ1n) is 7.58. The number of hydrogen-bond acceptors (Lipinski definition) is 2. The largest absolute Gasteiger partial charge is 0.393 e. The molecule has 4 nitrogen and oxygen atoms in total. The van der Waals surface area contributed by atoms with Crippen LogP contribution in [0.5, 0.6) is 0 Å². The summed E-state index contributed by atoms with van der Waals surface area (Å²) in [4.78, 5) is 13.9. The Bertz CT molecular complexity index is 515. The van der Waals surface area contributed by atoms with E-state index in [2.05, 4.69) is 5.32 Å². The van der Waals surface area contributed by atoms with E-state index < -0.39 is 12.6 Å². The van der Waals surface area contributed by atoms with E-state index in [0.29, 0.717) is 31.3 Å². The number of likely N-dealkylation sites (tertiary alicyclic amines) is 1. The van der Waals surface area contributed by atoms with Gasteiger partial charge in [0.25, 0.3) is 0 Å². The zero-order chi connectivity index (χ0) is 16.9. The molecule has 1 aromatic carbocycles. The van der Waals surface area contributed by atoms with Gasteiger partial charge in [-0.15, -0.1) is 0 Å². The van der Waals surface area contributed by atoms with Crippen LogP contribution < -0.4 is 5.32 Å². The molecule has 2 rings (SSSR count). The van der Waals surface area contributed by atoms with Crippen molar-refractivity contribution < 1.29 is 22.7 Å². The van der Waals surface area contributed by atoms with E-state index in [4.69, 9.17) is 4.74 Å². The number of amides is 2. The minimum Gasteiger partial charge on any atom is -0.384 e. The summed E-state index contributed by atoms with van der Waals surface area (Å²) in [5.41, 5.74) is 0.670. The molecule has 0 spiro atoms. The van der Waals surface area contributed by atoms with Gasteiger partial charge in [-0.3, -0.25) is 0 Å². The van der Waals surface area contributed by atoms with Crippen molar-refractivity contribution >= 4 is 11.7 Å². The highest BCUT2D eigenvalue weighted by molar-refractivity contribution is 5.89. The third-order valence-electron chi connectivity index (χ3n) is 3.82. The monoisotopic (exact) mass is 330 g/mol. The molecule has 128 valence electrons. The van der Waals surface area contributed by atoms with Crippen LogP contribution in [0.15, 0.2) is 24.3 Å². The van der Waals surface area contributed by atoms with Crippen molar-refractivity contribution in [2.45, 2.75) is 25.4 Å². The highest BCUT2D eigenvalue weighted by Crippen LogP contribution is 2.23. The van der Waals surface area contributed by atoms with Gasteiger partial charge in [-0.2, -0.15) is 13.2 Å². The van der Waals surface area contributed by atoms with E-state index in [9.17, 15) is 18.0 Å². The van der Waals surface area contributed by atoms with E-state index >= 15 is 0 Å². The Morgan fingerprint density at radius 2 is 2.04 bits per heavy atom. The van der Waals surface area contributed by atoms with Gasteiger partial charge in [-0.05, 0) is 30.5 Å². The summed E-state index contributed by atoms with van der Waals surface area (Å²) in [5, 5.41) is 2.73. The minimum absolute atomic E-state index is 0.175. The van der Waals surface area contributed by atoms with Crippen LogP contribution in [0.1, 0.15) is 18.4 Å². The van der Waals surface area contributed by atoms with Crippen molar-refractivity contribution in [3.63, 3.8) is 0 Å². The lowest BCUT2D eigenvalue weighted by Crippen LogP contribution is -2.43. The molecular formula is C16H21F3N2O2. The fraction of sp³-hybridized carbons (Fsp3) is 0.562. The summed E-state index contributed by atoms with van der Waals surface area (Å²) < 4.78 is 42.1. The third kappa shape index (κ3) is 5.74. The molecular weight excluding hydrogens is 309 g/mol. The number of hydrogen-bond donors (Lipinski definition) is 1. The molecule has 1 atom stereocenters. The zero-order valence-electron chi connectivity index (χ0n) is 13.0. The summed E-state index contributed by atoms with van der Waals surface area (Å²) in [5.74, 6) is 0.327. The number of anilines is 1. The number of halogens is 3. The summed E-state index contributed by atoms with van der Waals surface area (Å²) in [6.07, 6.45) is -3.24. The average Bonchev–Trinajstić information content (AvgIpc) is 2.48. The van der Waals surface area contributed by atoms with Gasteiger partial charge in [0.05, 0.1) is 13.0 Å². The maximum Gasteiger partial charge on any atom is 0.393 e. The van der Waals surface area contributed by atoms with Crippen LogP contribution in [-0.2, 0) is 11.2 Å². The average molecular weight is 330 g/mol. The van der Waals surface area contributed by atoms with E-state index in [1.165, 1.54) is 24.3 Å². The van der Waals surface area contributed by atoms with Crippen molar-refractivity contribution in [3.8, 4) is 0 Å². The van der Waals surface area contributed by atoms with Crippen molar-refractivity contribution in [2.75, 3.05) is 32.1 Å². The van der Waals surface area contributed by atoms with E-state index in [0.717, 1.165) is 12.8 Å². The number of carbonyl (C=O) groups is 1. The molecule has 1 fully saturated rings. The maximum atomic E-state index is 12.3. The summed E-state index contributed by atoms with van der Waals surface area (Å²) in [6, 6.07) is 5.53. The number of benzene rings is 1. The smallest absolute Gasteiger partial charge is 0.384 e. The highest BCUT2D eigenvalue weighted by Gasteiger charge is 2.27. The Balaban J connectivity index is 1.89. The quantitative estimate of drug-likeness (QED) is 0.915. The van der Waals surface area contributed by atoms with Crippen LogP contribution in [0.4, 0.5) is 23.7 Å². The number of nitrogens with one attached hydrogen (secondary N) is 1. The molecule has 0 aliphatic carbocycles. The van der Waals surface area contributed by atoms with Crippen LogP contribution in [0.25, 0.3) is 0 Å². The summed E-state index contributed by atoms with van der Waals surface area (Å²) in [7, 11) is 1.64. The van der Waals surface area contributed by atoms with E-state index in [1.54, 1.807) is 12.0 Å². The van der Waals surface area contributed by atoms with Gasteiger partial charge in [-0.1, -0.05) is 12.1 Å². The first kappa shape index (κ1) is 17.6. The molecule has 1 aliphatic heterocycles. The maximum absolute atomic E-state index is 12.3. The Kier molecular flexibility index (Phi) is 5.87. The predicted molar refractivity (Wildman–Crippen MR) is 81.4 cm³/mol. The number of piperidine rings is 1. The first-order valence-corrected chi connectivity index (χ1v) is 7.58. The van der Waals surface area contributed by atoms with Gasteiger partial charge in [-0.25, -0.2) is 4.79 Å². The second kappa shape index (κ2) is 7.68. The van der Waals surface area contributed by atoms with Crippen molar-refractivity contribution in [2.24, 2.45) is 5.92 Å². The Hall–Kier alpha value is -1.76. The molecule has 1 aliphatic rings. The number of rotatable bonds is 4. The molecule has 1 heterocycles. The fourth-order valence-corrected chi connectivity index (χ4v) is 2.76. The first-order chi connectivity index (χ1) is 10.9. The Labute approximate surface area is 133 Å². The van der Waals surface area contributed by atoms with E-state index in [1.807, 2.05) is 0 Å². The van der Waals surface area contributed by atoms with Gasteiger partial charge in [0, 0.05) is 31.8 Å². The van der Waals surface area contributed by atoms with Gasteiger partial charge in [0.15, 0.2) is 0 Å². The normalized spacial score (nSPS) is 18.8. The Morgan fingerprint density at radius 1 is 1.35 bits per heavy atom. The second-order valence-corrected chi connectivity index (χ2v) is 5.83. The molecule has 0 bridgehead atoms. The Morgan fingerprint density at radius 3 is 2.65 bits per heavy atom. The lowest BCUT2D eigenvalue weighted by atomic mass is 9.99. The summed E-state index contributed by atoms with van der Waals surface area (Å²) in [6.45, 7) is 1.93. The van der Waals surface area contributed by atoms with Crippen LogP contribution in [0, 0.1) is 5.92 Å². The second-order valence-electron chi connectivity index (χ2n) is 5.83. The highest BCUT2D eigenvalue weighted by atomic mass is 19.4. The number of urea groups is 1. The van der Waals surface area contributed by atoms with Crippen molar-refractivity contribution in [3.05, 3.63) is 29.8 Å². The molecule has 0 radical (unpaired) electrons. The lowest BCUT2D eigenvalue weighted by Gasteiger charge is -2.32. The number of ether oxygens (including phenoxy) is 1. The number of nitrogens with zero attached hydrogens (tertiary/aromatic N) is 1. The number of methoxy groups -OCH3 is 1. The number of alkyl halides is 3. The topological polar surface area (TPSA) is 41.6 Å².